The Bertz CT molecular complexity index is 680. The molecule has 1 unspecified atom stereocenters. The fraction of sp³-hybridized carbons (Fsp3) is 0.188. The summed E-state index contributed by atoms with van der Waals surface area (Å²) in [5, 5.41) is 2.41. The number of benzene rings is 2. The lowest BCUT2D eigenvalue weighted by Crippen LogP contribution is -2.11. The summed E-state index contributed by atoms with van der Waals surface area (Å²) in [6.07, 6.45) is 5.27. The summed E-state index contributed by atoms with van der Waals surface area (Å²) >= 11 is 0. The van der Waals surface area contributed by atoms with E-state index in [4.69, 9.17) is 9.78 Å². The zero-order valence-corrected chi connectivity index (χ0v) is 11.3. The van der Waals surface area contributed by atoms with Gasteiger partial charge in [0.1, 0.15) is 6.10 Å². The van der Waals surface area contributed by atoms with E-state index in [9.17, 15) is 0 Å². The number of hydrogen-bond donors (Lipinski definition) is 0. The molecule has 0 radical (unpaired) electrons. The molecule has 0 N–H and O–H groups in total. The number of rotatable bonds is 5. The van der Waals surface area contributed by atoms with Crippen LogP contribution in [-0.4, -0.2) is 16.7 Å². The van der Waals surface area contributed by atoms with Crippen molar-refractivity contribution >= 4 is 10.8 Å². The van der Waals surface area contributed by atoms with Crippen molar-refractivity contribution in [3.63, 3.8) is 0 Å². The van der Waals surface area contributed by atoms with E-state index in [1.807, 2.05) is 22.9 Å². The topological polar surface area (TPSA) is 36.3 Å². The minimum atomic E-state index is -0.168. The van der Waals surface area contributed by atoms with E-state index in [0.717, 1.165) is 5.56 Å². The van der Waals surface area contributed by atoms with Crippen molar-refractivity contribution < 1.29 is 9.78 Å². The van der Waals surface area contributed by atoms with E-state index >= 15 is 0 Å². The van der Waals surface area contributed by atoms with E-state index in [0.29, 0.717) is 6.54 Å². The molecule has 1 heterocycles. The van der Waals surface area contributed by atoms with Gasteiger partial charge < -0.3 is 4.57 Å². The smallest absolute Gasteiger partial charge is 0.136 e. The van der Waals surface area contributed by atoms with Gasteiger partial charge in [-0.25, -0.2) is 14.8 Å². The molecule has 20 heavy (non-hydrogen) atoms. The lowest BCUT2D eigenvalue weighted by atomic mass is 10.0. The fourth-order valence-corrected chi connectivity index (χ4v) is 2.30. The normalized spacial score (nSPS) is 12.7. The predicted molar refractivity (Wildman–Crippen MR) is 77.0 cm³/mol. The first-order valence-corrected chi connectivity index (χ1v) is 6.51. The molecule has 0 aliphatic heterocycles. The maximum absolute atomic E-state index is 5.40. The Morgan fingerprint density at radius 2 is 2.00 bits per heavy atom. The third-order valence-corrected chi connectivity index (χ3v) is 3.29. The average molecular weight is 268 g/mol. The molecule has 0 saturated heterocycles. The number of hydrogen-bond acceptors (Lipinski definition) is 3. The van der Waals surface area contributed by atoms with Gasteiger partial charge in [-0.2, -0.15) is 0 Å². The minimum absolute atomic E-state index is 0.168. The summed E-state index contributed by atoms with van der Waals surface area (Å²) in [4.78, 5) is 14.3. The van der Waals surface area contributed by atoms with Crippen molar-refractivity contribution in [2.45, 2.75) is 12.6 Å². The van der Waals surface area contributed by atoms with E-state index in [2.05, 4.69) is 35.3 Å². The molecule has 0 aliphatic carbocycles. The molecule has 4 heteroatoms. The van der Waals surface area contributed by atoms with Crippen LogP contribution in [-0.2, 0) is 16.3 Å². The van der Waals surface area contributed by atoms with Crippen LogP contribution in [0.15, 0.2) is 61.2 Å². The molecule has 4 nitrogen and oxygen atoms in total. The first kappa shape index (κ1) is 12.8. The van der Waals surface area contributed by atoms with Gasteiger partial charge in [-0.3, -0.25) is 0 Å². The highest BCUT2D eigenvalue weighted by Gasteiger charge is 2.14. The van der Waals surface area contributed by atoms with Crippen LogP contribution in [0.2, 0.25) is 0 Å². The molecule has 1 atom stereocenters. The van der Waals surface area contributed by atoms with Crippen LogP contribution in [0.25, 0.3) is 10.8 Å². The van der Waals surface area contributed by atoms with Gasteiger partial charge in [0, 0.05) is 12.4 Å². The Kier molecular flexibility index (Phi) is 3.76. The van der Waals surface area contributed by atoms with Gasteiger partial charge >= 0.3 is 0 Å². The Morgan fingerprint density at radius 3 is 2.75 bits per heavy atom. The van der Waals surface area contributed by atoms with Crippen molar-refractivity contribution in [1.82, 2.24) is 9.55 Å². The van der Waals surface area contributed by atoms with Gasteiger partial charge in [-0.05, 0) is 22.4 Å². The predicted octanol–water partition coefficient (Wildman–Crippen LogP) is 3.36. The molecule has 0 fully saturated rings. The Morgan fingerprint density at radius 1 is 1.15 bits per heavy atom. The first-order valence-electron chi connectivity index (χ1n) is 6.51. The highest BCUT2D eigenvalue weighted by Crippen LogP contribution is 2.24. The summed E-state index contributed by atoms with van der Waals surface area (Å²) in [6.45, 7) is 0.659. The van der Waals surface area contributed by atoms with Crippen molar-refractivity contribution in [1.29, 1.82) is 0 Å². The molecule has 0 bridgehead atoms. The maximum atomic E-state index is 5.40. The quantitative estimate of drug-likeness (QED) is 0.526. The molecule has 0 aliphatic rings. The van der Waals surface area contributed by atoms with Gasteiger partial charge in [0.25, 0.3) is 0 Å². The lowest BCUT2D eigenvalue weighted by molar-refractivity contribution is -0.310. The summed E-state index contributed by atoms with van der Waals surface area (Å²) in [5.74, 6) is 0. The SMILES string of the molecule is COOC(Cn1ccnc1)c1ccc2ccccc2c1. The second kappa shape index (κ2) is 5.86. The summed E-state index contributed by atoms with van der Waals surface area (Å²) in [7, 11) is 1.53. The molecule has 0 saturated carbocycles. The van der Waals surface area contributed by atoms with Crippen LogP contribution in [0, 0.1) is 0 Å². The van der Waals surface area contributed by atoms with Crippen molar-refractivity contribution in [2.75, 3.05) is 7.11 Å². The van der Waals surface area contributed by atoms with Crippen molar-refractivity contribution in [2.24, 2.45) is 0 Å². The molecule has 2 aromatic carbocycles. The molecule has 3 aromatic rings. The number of nitrogens with zero attached hydrogens (tertiary/aromatic N) is 2. The Balaban J connectivity index is 1.91. The number of aromatic nitrogens is 2. The summed E-state index contributed by atoms with van der Waals surface area (Å²) in [5.41, 5.74) is 1.08. The van der Waals surface area contributed by atoms with Crippen LogP contribution < -0.4 is 0 Å². The van der Waals surface area contributed by atoms with Crippen LogP contribution in [0.5, 0.6) is 0 Å². The van der Waals surface area contributed by atoms with Crippen molar-refractivity contribution in [3.05, 3.63) is 66.7 Å². The highest BCUT2D eigenvalue weighted by molar-refractivity contribution is 5.83. The largest absolute Gasteiger partial charge is 0.334 e. The van der Waals surface area contributed by atoms with Crippen LogP contribution >= 0.6 is 0 Å². The zero-order valence-electron chi connectivity index (χ0n) is 11.3. The average Bonchev–Trinajstić information content (AvgIpc) is 2.99. The van der Waals surface area contributed by atoms with Crippen LogP contribution in [0.4, 0.5) is 0 Å². The maximum Gasteiger partial charge on any atom is 0.136 e. The number of imidazole rings is 1. The van der Waals surface area contributed by atoms with E-state index in [1.54, 1.807) is 12.5 Å². The molecule has 0 spiro atoms. The third-order valence-electron chi connectivity index (χ3n) is 3.29. The molecule has 1 aromatic heterocycles. The Labute approximate surface area is 117 Å². The van der Waals surface area contributed by atoms with Gasteiger partial charge in [-0.1, -0.05) is 36.4 Å². The van der Waals surface area contributed by atoms with E-state index in [1.165, 1.54) is 17.9 Å². The molecular formula is C16H16N2O2. The van der Waals surface area contributed by atoms with Crippen molar-refractivity contribution in [3.8, 4) is 0 Å². The molecule has 102 valence electrons. The highest BCUT2D eigenvalue weighted by atomic mass is 17.2. The van der Waals surface area contributed by atoms with Crippen LogP contribution in [0.3, 0.4) is 0 Å². The van der Waals surface area contributed by atoms with E-state index < -0.39 is 0 Å². The van der Waals surface area contributed by atoms with E-state index in [-0.39, 0.29) is 6.10 Å². The minimum Gasteiger partial charge on any atom is -0.334 e. The number of fused-ring (bicyclic) bond motifs is 1. The second-order valence-corrected chi connectivity index (χ2v) is 4.62. The van der Waals surface area contributed by atoms with Gasteiger partial charge in [0.05, 0.1) is 20.0 Å². The summed E-state index contributed by atoms with van der Waals surface area (Å²) in [6, 6.07) is 14.6. The molecule has 0 amide bonds. The van der Waals surface area contributed by atoms with Gasteiger partial charge in [0.2, 0.25) is 0 Å². The van der Waals surface area contributed by atoms with Gasteiger partial charge in [-0.15, -0.1) is 0 Å². The third kappa shape index (κ3) is 2.71. The fourth-order valence-electron chi connectivity index (χ4n) is 2.30. The van der Waals surface area contributed by atoms with Gasteiger partial charge in [0.15, 0.2) is 0 Å². The second-order valence-electron chi connectivity index (χ2n) is 4.62. The summed E-state index contributed by atoms with van der Waals surface area (Å²) < 4.78 is 1.97. The molecule has 3 rings (SSSR count). The monoisotopic (exact) mass is 268 g/mol. The standard InChI is InChI=1S/C16H16N2O2/c1-19-20-16(11-18-9-8-17-12-18)15-7-6-13-4-2-3-5-14(13)10-15/h2-10,12,16H,11H2,1H3. The zero-order chi connectivity index (χ0) is 13.8. The first-order chi connectivity index (χ1) is 9.86. The molecular weight excluding hydrogens is 252 g/mol. The lowest BCUT2D eigenvalue weighted by Gasteiger charge is -2.17. The van der Waals surface area contributed by atoms with Crippen LogP contribution in [0.1, 0.15) is 11.7 Å². The Hall–Kier alpha value is -2.17.